The van der Waals surface area contributed by atoms with Crippen molar-refractivity contribution in [3.8, 4) is 5.75 Å². The molecule has 1 N–H and O–H groups in total. The molecule has 3 rings (SSSR count). The van der Waals surface area contributed by atoms with E-state index in [2.05, 4.69) is 27.6 Å². The maximum absolute atomic E-state index is 11.7. The Kier molecular flexibility index (Phi) is 6.53. The number of anilines is 1. The summed E-state index contributed by atoms with van der Waals surface area (Å²) >= 11 is 0. The van der Waals surface area contributed by atoms with Gasteiger partial charge in [0.05, 0.1) is 12.8 Å². The summed E-state index contributed by atoms with van der Waals surface area (Å²) in [5.74, 6) is 0.736. The van der Waals surface area contributed by atoms with Crippen LogP contribution in [0.4, 0.5) is 10.5 Å². The monoisotopic (exact) mass is 361 g/mol. The van der Waals surface area contributed by atoms with Gasteiger partial charge in [0, 0.05) is 30.1 Å². The molecule has 0 atom stereocenters. The molecule has 0 unspecified atom stereocenters. The Morgan fingerprint density at radius 3 is 2.59 bits per heavy atom. The second-order valence-electron chi connectivity index (χ2n) is 5.63. The molecule has 1 aromatic heterocycles. The normalized spacial score (nSPS) is 10.5. The average Bonchev–Trinajstić information content (AvgIpc) is 2.71. The highest BCUT2D eigenvalue weighted by Crippen LogP contribution is 2.16. The number of pyridine rings is 1. The van der Waals surface area contributed by atoms with Crippen LogP contribution in [0.15, 0.2) is 84.3 Å². The number of benzene rings is 2. The lowest BCUT2D eigenvalue weighted by Gasteiger charge is -2.07. The molecule has 136 valence electrons. The fraction of sp³-hybridized carbons (Fsp3) is 0.0952. The van der Waals surface area contributed by atoms with E-state index in [1.54, 1.807) is 48.8 Å². The molecule has 0 aliphatic carbocycles. The summed E-state index contributed by atoms with van der Waals surface area (Å²) in [6.07, 6.45) is 4.84. The van der Waals surface area contributed by atoms with E-state index in [0.29, 0.717) is 12.3 Å². The van der Waals surface area contributed by atoms with Crippen molar-refractivity contribution in [2.24, 2.45) is 5.16 Å². The van der Waals surface area contributed by atoms with Crippen molar-refractivity contribution in [1.82, 2.24) is 4.98 Å². The minimum atomic E-state index is -0.673. The van der Waals surface area contributed by atoms with Crippen LogP contribution in [0.3, 0.4) is 0 Å². The van der Waals surface area contributed by atoms with Crippen LogP contribution in [0.5, 0.6) is 5.75 Å². The van der Waals surface area contributed by atoms with Crippen LogP contribution in [0.2, 0.25) is 0 Å². The predicted molar refractivity (Wildman–Crippen MR) is 104 cm³/mol. The minimum Gasteiger partial charge on any atom is -0.493 e. The number of hydrogen-bond donors (Lipinski definition) is 1. The van der Waals surface area contributed by atoms with Gasteiger partial charge in [0.15, 0.2) is 0 Å². The molecule has 6 nitrogen and oxygen atoms in total. The number of hydrogen-bond acceptors (Lipinski definition) is 5. The number of nitrogens with zero attached hydrogens (tertiary/aromatic N) is 2. The smallest absolute Gasteiger partial charge is 0.437 e. The topological polar surface area (TPSA) is 72.8 Å². The van der Waals surface area contributed by atoms with E-state index in [0.717, 1.165) is 17.7 Å². The third kappa shape index (κ3) is 6.28. The third-order valence-corrected chi connectivity index (χ3v) is 3.62. The summed E-state index contributed by atoms with van der Waals surface area (Å²) in [6, 6.07) is 20.8. The van der Waals surface area contributed by atoms with Crippen LogP contribution < -0.4 is 10.1 Å². The Labute approximate surface area is 157 Å². The zero-order valence-corrected chi connectivity index (χ0v) is 14.6. The van der Waals surface area contributed by atoms with Crippen molar-refractivity contribution in [3.63, 3.8) is 0 Å². The highest BCUT2D eigenvalue weighted by molar-refractivity contribution is 5.85. The number of carbonyl (C=O) groups is 1. The first kappa shape index (κ1) is 18.1. The SMILES string of the molecule is O=C(Nc1ccc(OCCc2ccccc2)cc1)ON=Cc1cccnc1. The molecular weight excluding hydrogens is 342 g/mol. The molecule has 0 aliphatic rings. The van der Waals surface area contributed by atoms with E-state index in [-0.39, 0.29) is 0 Å². The number of carbonyl (C=O) groups excluding carboxylic acids is 1. The Morgan fingerprint density at radius 2 is 1.85 bits per heavy atom. The molecule has 27 heavy (non-hydrogen) atoms. The lowest BCUT2D eigenvalue weighted by molar-refractivity contribution is 0.167. The molecule has 0 spiro atoms. The fourth-order valence-electron chi connectivity index (χ4n) is 2.29. The van der Waals surface area contributed by atoms with Crippen molar-refractivity contribution < 1.29 is 14.4 Å². The number of nitrogens with one attached hydrogen (secondary N) is 1. The second kappa shape index (κ2) is 9.72. The van der Waals surface area contributed by atoms with Crippen molar-refractivity contribution in [2.75, 3.05) is 11.9 Å². The summed E-state index contributed by atoms with van der Waals surface area (Å²) in [4.78, 5) is 20.4. The van der Waals surface area contributed by atoms with E-state index in [1.165, 1.54) is 11.8 Å². The van der Waals surface area contributed by atoms with Gasteiger partial charge in [-0.2, -0.15) is 0 Å². The standard InChI is InChI=1S/C21H19N3O3/c25-21(27-23-16-18-7-4-13-22-15-18)24-19-8-10-20(11-9-19)26-14-12-17-5-2-1-3-6-17/h1-11,13,15-16H,12,14H2,(H,24,25). The molecule has 2 aromatic carbocycles. The zero-order valence-electron chi connectivity index (χ0n) is 14.6. The van der Waals surface area contributed by atoms with E-state index in [9.17, 15) is 4.79 Å². The lowest BCUT2D eigenvalue weighted by atomic mass is 10.2. The van der Waals surface area contributed by atoms with Crippen molar-refractivity contribution in [3.05, 3.63) is 90.3 Å². The van der Waals surface area contributed by atoms with Crippen LogP contribution in [0, 0.1) is 0 Å². The van der Waals surface area contributed by atoms with Crippen molar-refractivity contribution in [1.29, 1.82) is 0 Å². The summed E-state index contributed by atoms with van der Waals surface area (Å²) in [5.41, 5.74) is 2.56. The van der Waals surface area contributed by atoms with Crippen molar-refractivity contribution >= 4 is 18.0 Å². The highest BCUT2D eigenvalue weighted by atomic mass is 16.7. The zero-order chi connectivity index (χ0) is 18.7. The minimum absolute atomic E-state index is 0.585. The van der Waals surface area contributed by atoms with Crippen LogP contribution in [0.25, 0.3) is 0 Å². The van der Waals surface area contributed by atoms with Gasteiger partial charge in [-0.05, 0) is 35.9 Å². The molecule has 3 aromatic rings. The molecule has 1 amide bonds. The molecule has 0 aliphatic heterocycles. The quantitative estimate of drug-likeness (QED) is 0.387. The van der Waals surface area contributed by atoms with Gasteiger partial charge in [0.25, 0.3) is 0 Å². The van der Waals surface area contributed by atoms with Crippen LogP contribution >= 0.6 is 0 Å². The van der Waals surface area contributed by atoms with E-state index in [4.69, 9.17) is 9.57 Å². The van der Waals surface area contributed by atoms with Gasteiger partial charge in [0.1, 0.15) is 5.75 Å². The molecule has 0 fully saturated rings. The molecule has 6 heteroatoms. The van der Waals surface area contributed by atoms with Gasteiger partial charge in [-0.1, -0.05) is 41.6 Å². The largest absolute Gasteiger partial charge is 0.493 e. The summed E-state index contributed by atoms with van der Waals surface area (Å²) in [7, 11) is 0. The molecule has 0 bridgehead atoms. The van der Waals surface area contributed by atoms with Crippen LogP contribution in [-0.4, -0.2) is 23.9 Å². The van der Waals surface area contributed by atoms with Gasteiger partial charge in [-0.3, -0.25) is 15.1 Å². The van der Waals surface area contributed by atoms with Gasteiger partial charge in [-0.25, -0.2) is 4.79 Å². The Hall–Kier alpha value is -3.67. The highest BCUT2D eigenvalue weighted by Gasteiger charge is 2.03. The van der Waals surface area contributed by atoms with Crippen LogP contribution in [-0.2, 0) is 11.3 Å². The second-order valence-corrected chi connectivity index (χ2v) is 5.63. The maximum Gasteiger partial charge on any atom is 0.437 e. The molecule has 1 heterocycles. The average molecular weight is 361 g/mol. The molecule has 0 saturated carbocycles. The summed E-state index contributed by atoms with van der Waals surface area (Å²) in [6.45, 7) is 0.585. The number of ether oxygens (including phenoxy) is 1. The van der Waals surface area contributed by atoms with Crippen LogP contribution in [0.1, 0.15) is 11.1 Å². The Bertz CT molecular complexity index is 866. The number of aromatic nitrogens is 1. The predicted octanol–water partition coefficient (Wildman–Crippen LogP) is 4.29. The van der Waals surface area contributed by atoms with Crippen molar-refractivity contribution in [2.45, 2.75) is 6.42 Å². The van der Waals surface area contributed by atoms with Gasteiger partial charge >= 0.3 is 6.09 Å². The lowest BCUT2D eigenvalue weighted by Crippen LogP contribution is -2.10. The Morgan fingerprint density at radius 1 is 1.04 bits per heavy atom. The third-order valence-electron chi connectivity index (χ3n) is 3.62. The summed E-state index contributed by atoms with van der Waals surface area (Å²) in [5, 5.41) is 6.21. The molecule has 0 radical (unpaired) electrons. The first-order valence-electron chi connectivity index (χ1n) is 8.48. The first-order chi connectivity index (χ1) is 13.3. The number of amides is 1. The van der Waals surface area contributed by atoms with Gasteiger partial charge < -0.3 is 4.74 Å². The van der Waals surface area contributed by atoms with Gasteiger partial charge in [-0.15, -0.1) is 0 Å². The maximum atomic E-state index is 11.7. The number of oxime groups is 1. The molecule has 0 saturated heterocycles. The Balaban J connectivity index is 1.41. The summed E-state index contributed by atoms with van der Waals surface area (Å²) < 4.78 is 5.71. The van der Waals surface area contributed by atoms with E-state index >= 15 is 0 Å². The number of rotatable bonds is 7. The molecular formula is C21H19N3O3. The van der Waals surface area contributed by atoms with Gasteiger partial charge in [0.2, 0.25) is 0 Å². The van der Waals surface area contributed by atoms with E-state index < -0.39 is 6.09 Å². The van der Waals surface area contributed by atoms with E-state index in [1.807, 2.05) is 18.2 Å². The fourth-order valence-corrected chi connectivity index (χ4v) is 2.29. The first-order valence-corrected chi connectivity index (χ1v) is 8.48.